The number of carbonyl (C=O) groups excluding carboxylic acids is 1. The summed E-state index contributed by atoms with van der Waals surface area (Å²) in [5, 5.41) is 4.60. The normalized spacial score (nSPS) is 18.1. The molecule has 1 saturated heterocycles. The standard InChI is InChI=1S/C27H30Cl2N4O3/c1-18(34)16-33-11-12-36-27(2,17-33)21-6-4-5-20(13-21)24-15-25(32-26(31-24)35-3)30-10-9-19-7-8-22(28)14-23(19)29/h4-8,13-15H,9-12,16-17H2,1-3H3,(H,30,31,32). The Bertz CT molecular complexity index is 1240. The van der Waals surface area contributed by atoms with Gasteiger partial charge in [0, 0.05) is 41.3 Å². The van der Waals surface area contributed by atoms with Crippen LogP contribution in [-0.4, -0.2) is 60.5 Å². The minimum absolute atomic E-state index is 0.152. The lowest BCUT2D eigenvalue weighted by Crippen LogP contribution is -2.49. The second-order valence-corrected chi connectivity index (χ2v) is 9.95. The average Bonchev–Trinajstić information content (AvgIpc) is 2.85. The van der Waals surface area contributed by atoms with Gasteiger partial charge in [0.05, 0.1) is 26.0 Å². The predicted molar refractivity (Wildman–Crippen MR) is 143 cm³/mol. The van der Waals surface area contributed by atoms with Gasteiger partial charge in [-0.15, -0.1) is 0 Å². The van der Waals surface area contributed by atoms with Crippen LogP contribution < -0.4 is 10.1 Å². The molecule has 1 fully saturated rings. The first-order valence-corrected chi connectivity index (χ1v) is 12.6. The molecule has 190 valence electrons. The van der Waals surface area contributed by atoms with Crippen LogP contribution in [-0.2, 0) is 21.6 Å². The number of halogens is 2. The van der Waals surface area contributed by atoms with Gasteiger partial charge in [0.15, 0.2) is 0 Å². The highest BCUT2D eigenvalue weighted by Gasteiger charge is 2.34. The first kappa shape index (κ1) is 26.4. The first-order chi connectivity index (χ1) is 17.3. The molecule has 3 aromatic rings. The maximum Gasteiger partial charge on any atom is 0.318 e. The van der Waals surface area contributed by atoms with Crippen LogP contribution in [0.3, 0.4) is 0 Å². The van der Waals surface area contributed by atoms with Crippen LogP contribution in [0.5, 0.6) is 6.01 Å². The summed E-state index contributed by atoms with van der Waals surface area (Å²) in [6.45, 7) is 6.69. The number of ether oxygens (including phenoxy) is 2. The molecule has 1 unspecified atom stereocenters. The zero-order valence-electron chi connectivity index (χ0n) is 20.7. The van der Waals surface area contributed by atoms with E-state index in [0.29, 0.717) is 48.5 Å². The number of aromatic nitrogens is 2. The smallest absolute Gasteiger partial charge is 0.318 e. The van der Waals surface area contributed by atoms with Crippen molar-refractivity contribution in [3.05, 3.63) is 69.7 Å². The first-order valence-electron chi connectivity index (χ1n) is 11.8. The highest BCUT2D eigenvalue weighted by molar-refractivity contribution is 6.35. The van der Waals surface area contributed by atoms with Crippen LogP contribution in [0.4, 0.5) is 5.82 Å². The average molecular weight is 529 g/mol. The van der Waals surface area contributed by atoms with Gasteiger partial charge in [0.2, 0.25) is 0 Å². The van der Waals surface area contributed by atoms with E-state index < -0.39 is 5.60 Å². The number of nitrogens with zero attached hydrogens (tertiary/aromatic N) is 3. The summed E-state index contributed by atoms with van der Waals surface area (Å²) in [5.41, 5.74) is 3.15. The van der Waals surface area contributed by atoms with Crippen molar-refractivity contribution < 1.29 is 14.3 Å². The number of anilines is 1. The quantitative estimate of drug-likeness (QED) is 0.406. The van der Waals surface area contributed by atoms with Crippen LogP contribution in [0.2, 0.25) is 10.0 Å². The summed E-state index contributed by atoms with van der Waals surface area (Å²) >= 11 is 12.3. The van der Waals surface area contributed by atoms with Gasteiger partial charge in [0.25, 0.3) is 0 Å². The SMILES string of the molecule is COc1nc(NCCc2ccc(Cl)cc2Cl)cc(-c2cccc(C3(C)CN(CC(C)=O)CCO3)c2)n1. The molecule has 0 radical (unpaired) electrons. The molecule has 0 spiro atoms. The Hall–Kier alpha value is -2.71. The van der Waals surface area contributed by atoms with Crippen LogP contribution in [0.1, 0.15) is 25.0 Å². The van der Waals surface area contributed by atoms with Gasteiger partial charge >= 0.3 is 6.01 Å². The lowest BCUT2D eigenvalue weighted by atomic mass is 9.91. The maximum absolute atomic E-state index is 11.7. The molecule has 1 atom stereocenters. The Labute approximate surface area is 221 Å². The topological polar surface area (TPSA) is 76.6 Å². The summed E-state index contributed by atoms with van der Waals surface area (Å²) in [4.78, 5) is 22.8. The monoisotopic (exact) mass is 528 g/mol. The van der Waals surface area contributed by atoms with Gasteiger partial charge in [-0.2, -0.15) is 9.97 Å². The Morgan fingerprint density at radius 2 is 2.03 bits per heavy atom. The molecule has 1 N–H and O–H groups in total. The van der Waals surface area contributed by atoms with E-state index in [0.717, 1.165) is 28.9 Å². The summed E-state index contributed by atoms with van der Waals surface area (Å²) in [7, 11) is 1.55. The fourth-order valence-electron chi connectivity index (χ4n) is 4.39. The van der Waals surface area contributed by atoms with Crippen molar-refractivity contribution in [3.63, 3.8) is 0 Å². The van der Waals surface area contributed by atoms with E-state index in [-0.39, 0.29) is 11.8 Å². The molecule has 2 aromatic carbocycles. The summed E-state index contributed by atoms with van der Waals surface area (Å²) in [6, 6.07) is 15.8. The Balaban J connectivity index is 1.53. The van der Waals surface area contributed by atoms with Crippen molar-refractivity contribution in [1.29, 1.82) is 0 Å². The van der Waals surface area contributed by atoms with Crippen LogP contribution in [0.15, 0.2) is 48.5 Å². The Kier molecular flexibility index (Phi) is 8.46. The largest absolute Gasteiger partial charge is 0.467 e. The molecule has 7 nitrogen and oxygen atoms in total. The van der Waals surface area contributed by atoms with Crippen molar-refractivity contribution >= 4 is 34.8 Å². The molecule has 2 heterocycles. The van der Waals surface area contributed by atoms with Crippen LogP contribution in [0, 0.1) is 0 Å². The fraction of sp³-hybridized carbons (Fsp3) is 0.370. The second kappa shape index (κ2) is 11.6. The number of hydrogen-bond acceptors (Lipinski definition) is 7. The molecule has 1 aliphatic heterocycles. The molecule has 36 heavy (non-hydrogen) atoms. The summed E-state index contributed by atoms with van der Waals surface area (Å²) in [6.07, 6.45) is 0.708. The van der Waals surface area contributed by atoms with E-state index in [1.807, 2.05) is 36.4 Å². The molecule has 1 aromatic heterocycles. The molecule has 1 aliphatic rings. The fourth-order valence-corrected chi connectivity index (χ4v) is 4.89. The number of carbonyl (C=O) groups is 1. The number of methoxy groups -OCH3 is 1. The van der Waals surface area contributed by atoms with E-state index in [4.69, 9.17) is 32.7 Å². The van der Waals surface area contributed by atoms with E-state index >= 15 is 0 Å². The van der Waals surface area contributed by atoms with E-state index in [1.165, 1.54) is 0 Å². The minimum atomic E-state index is -0.528. The Morgan fingerprint density at radius 3 is 2.78 bits per heavy atom. The third-order valence-corrected chi connectivity index (χ3v) is 6.76. The number of nitrogens with one attached hydrogen (secondary N) is 1. The van der Waals surface area contributed by atoms with Gasteiger partial charge in [-0.1, -0.05) is 47.5 Å². The molecule has 0 amide bonds. The lowest BCUT2D eigenvalue weighted by Gasteiger charge is -2.40. The van der Waals surface area contributed by atoms with Gasteiger partial charge in [-0.25, -0.2) is 0 Å². The molecule has 0 aliphatic carbocycles. The predicted octanol–water partition coefficient (Wildman–Crippen LogP) is 5.25. The molecule has 4 rings (SSSR count). The molecule has 0 bridgehead atoms. The number of Topliss-reactive ketones (excluding diaryl/α,β-unsaturated/α-hetero) is 1. The van der Waals surface area contributed by atoms with Crippen molar-refractivity contribution in [2.24, 2.45) is 0 Å². The van der Waals surface area contributed by atoms with Gasteiger partial charge < -0.3 is 14.8 Å². The molecule has 9 heteroatoms. The number of ketones is 1. The maximum atomic E-state index is 11.7. The van der Waals surface area contributed by atoms with Gasteiger partial charge in [-0.05, 0) is 49.6 Å². The molecular weight excluding hydrogens is 499 g/mol. The van der Waals surface area contributed by atoms with Gasteiger partial charge in [0.1, 0.15) is 17.2 Å². The number of benzene rings is 2. The highest BCUT2D eigenvalue weighted by Crippen LogP contribution is 2.33. The van der Waals surface area contributed by atoms with Crippen molar-refractivity contribution in [2.75, 3.05) is 45.2 Å². The van der Waals surface area contributed by atoms with Crippen molar-refractivity contribution in [3.8, 4) is 17.3 Å². The molecule has 0 saturated carbocycles. The van der Waals surface area contributed by atoms with E-state index in [1.54, 1.807) is 20.1 Å². The van der Waals surface area contributed by atoms with Crippen LogP contribution in [0.25, 0.3) is 11.3 Å². The van der Waals surface area contributed by atoms with Gasteiger partial charge in [-0.3, -0.25) is 9.69 Å². The van der Waals surface area contributed by atoms with Crippen molar-refractivity contribution in [2.45, 2.75) is 25.9 Å². The minimum Gasteiger partial charge on any atom is -0.467 e. The Morgan fingerprint density at radius 1 is 1.19 bits per heavy atom. The number of morpholine rings is 1. The second-order valence-electron chi connectivity index (χ2n) is 9.11. The van der Waals surface area contributed by atoms with E-state index in [9.17, 15) is 4.79 Å². The third kappa shape index (κ3) is 6.53. The van der Waals surface area contributed by atoms with Crippen molar-refractivity contribution in [1.82, 2.24) is 14.9 Å². The third-order valence-electron chi connectivity index (χ3n) is 6.17. The zero-order chi connectivity index (χ0) is 25.7. The lowest BCUT2D eigenvalue weighted by molar-refractivity contribution is -0.126. The van der Waals surface area contributed by atoms with E-state index in [2.05, 4.69) is 33.2 Å². The summed E-state index contributed by atoms with van der Waals surface area (Å²) in [5.74, 6) is 0.805. The highest BCUT2D eigenvalue weighted by atomic mass is 35.5. The number of hydrogen-bond donors (Lipinski definition) is 1. The zero-order valence-corrected chi connectivity index (χ0v) is 22.2. The molecular formula is C27H30Cl2N4O3. The summed E-state index contributed by atoms with van der Waals surface area (Å²) < 4.78 is 11.6. The van der Waals surface area contributed by atoms with Crippen LogP contribution >= 0.6 is 23.2 Å². The number of rotatable bonds is 9.